The average Bonchev–Trinajstić information content (AvgIpc) is 2.71. The fraction of sp³-hybridized carbons (Fsp3) is 0.143. The lowest BCUT2D eigenvalue weighted by Gasteiger charge is -2.10. The number of para-hydroxylation sites is 1. The van der Waals surface area contributed by atoms with Gasteiger partial charge in [0.05, 0.1) is 24.3 Å². The second kappa shape index (κ2) is 9.27. The molecule has 2 N–H and O–H groups in total. The van der Waals surface area contributed by atoms with E-state index in [9.17, 15) is 9.59 Å². The van der Waals surface area contributed by atoms with Crippen molar-refractivity contribution in [2.45, 2.75) is 13.3 Å². The first-order valence-corrected chi connectivity index (χ1v) is 8.86. The van der Waals surface area contributed by atoms with Crippen molar-refractivity contribution in [3.63, 3.8) is 0 Å². The highest BCUT2D eigenvalue weighted by Crippen LogP contribution is 2.20. The number of rotatable bonds is 7. The van der Waals surface area contributed by atoms with Crippen molar-refractivity contribution < 1.29 is 14.3 Å². The number of anilines is 3. The van der Waals surface area contributed by atoms with Gasteiger partial charge in [0.15, 0.2) is 11.6 Å². The number of hydrogen-bond donors (Lipinski definition) is 2. The molecule has 7 heteroatoms. The van der Waals surface area contributed by atoms with Crippen LogP contribution < -0.4 is 10.6 Å². The Hall–Kier alpha value is -3.74. The Morgan fingerprint density at radius 3 is 2.29 bits per heavy atom. The van der Waals surface area contributed by atoms with Crippen LogP contribution in [0, 0.1) is 0 Å². The summed E-state index contributed by atoms with van der Waals surface area (Å²) in [6.45, 7) is 2.05. The van der Waals surface area contributed by atoms with Gasteiger partial charge in [-0.25, -0.2) is 4.79 Å². The van der Waals surface area contributed by atoms with Crippen LogP contribution in [-0.2, 0) is 16.0 Å². The van der Waals surface area contributed by atoms with E-state index in [1.54, 1.807) is 43.3 Å². The van der Waals surface area contributed by atoms with E-state index in [4.69, 9.17) is 4.74 Å². The summed E-state index contributed by atoms with van der Waals surface area (Å²) in [5, 5.41) is 13.8. The van der Waals surface area contributed by atoms with Crippen LogP contribution in [0.5, 0.6) is 0 Å². The predicted molar refractivity (Wildman–Crippen MR) is 106 cm³/mol. The zero-order chi connectivity index (χ0) is 19.8. The molecule has 0 saturated carbocycles. The van der Waals surface area contributed by atoms with Crippen molar-refractivity contribution in [1.82, 2.24) is 10.2 Å². The molecule has 7 nitrogen and oxygen atoms in total. The monoisotopic (exact) mass is 376 g/mol. The van der Waals surface area contributed by atoms with Crippen molar-refractivity contribution in [1.29, 1.82) is 0 Å². The standard InChI is InChI=1S/C21H20N4O3/c1-2-28-21(27)16-10-6-7-11-17(16)22-18-12-13-19(25-24-18)23-20(26)14-15-8-4-3-5-9-15/h3-13H,2,14H2,1H3,(H,22,24)(H,23,25,26). The molecule has 0 aliphatic heterocycles. The highest BCUT2D eigenvalue weighted by molar-refractivity contribution is 5.96. The van der Waals surface area contributed by atoms with Gasteiger partial charge in [0, 0.05) is 0 Å². The molecule has 0 aliphatic carbocycles. The number of carbonyl (C=O) groups is 2. The number of carbonyl (C=O) groups excluding carboxylic acids is 2. The van der Waals surface area contributed by atoms with Gasteiger partial charge in [-0.15, -0.1) is 10.2 Å². The van der Waals surface area contributed by atoms with E-state index in [0.717, 1.165) is 5.56 Å². The van der Waals surface area contributed by atoms with Crippen molar-refractivity contribution >= 4 is 29.2 Å². The summed E-state index contributed by atoms with van der Waals surface area (Å²) < 4.78 is 5.06. The van der Waals surface area contributed by atoms with E-state index in [2.05, 4.69) is 20.8 Å². The molecule has 0 radical (unpaired) electrons. The van der Waals surface area contributed by atoms with E-state index < -0.39 is 5.97 Å². The van der Waals surface area contributed by atoms with Gasteiger partial charge in [-0.2, -0.15) is 0 Å². The molecular weight excluding hydrogens is 356 g/mol. The Bertz CT molecular complexity index is 943. The highest BCUT2D eigenvalue weighted by Gasteiger charge is 2.12. The van der Waals surface area contributed by atoms with Gasteiger partial charge < -0.3 is 15.4 Å². The molecule has 0 saturated heterocycles. The second-order valence-corrected chi connectivity index (χ2v) is 5.91. The van der Waals surface area contributed by atoms with Crippen molar-refractivity contribution in [3.05, 3.63) is 77.9 Å². The van der Waals surface area contributed by atoms with Crippen molar-refractivity contribution in [3.8, 4) is 0 Å². The minimum Gasteiger partial charge on any atom is -0.462 e. The van der Waals surface area contributed by atoms with Crippen LogP contribution in [-0.4, -0.2) is 28.7 Å². The number of nitrogens with one attached hydrogen (secondary N) is 2. The van der Waals surface area contributed by atoms with Gasteiger partial charge in [0.25, 0.3) is 0 Å². The number of nitrogens with zero attached hydrogens (tertiary/aromatic N) is 2. The van der Waals surface area contributed by atoms with Crippen LogP contribution in [0.25, 0.3) is 0 Å². The Morgan fingerprint density at radius 2 is 1.57 bits per heavy atom. The first-order chi connectivity index (χ1) is 13.7. The van der Waals surface area contributed by atoms with E-state index >= 15 is 0 Å². The molecule has 0 spiro atoms. The van der Waals surface area contributed by atoms with Crippen LogP contribution in [0.1, 0.15) is 22.8 Å². The third-order valence-corrected chi connectivity index (χ3v) is 3.82. The zero-order valence-corrected chi connectivity index (χ0v) is 15.4. The molecule has 0 aliphatic rings. The average molecular weight is 376 g/mol. The molecule has 28 heavy (non-hydrogen) atoms. The second-order valence-electron chi connectivity index (χ2n) is 5.91. The van der Waals surface area contributed by atoms with Crippen LogP contribution >= 0.6 is 0 Å². The lowest BCUT2D eigenvalue weighted by molar-refractivity contribution is -0.115. The molecule has 2 aromatic carbocycles. The zero-order valence-electron chi connectivity index (χ0n) is 15.4. The Morgan fingerprint density at radius 1 is 0.893 bits per heavy atom. The van der Waals surface area contributed by atoms with Gasteiger partial charge in [-0.05, 0) is 36.8 Å². The summed E-state index contributed by atoms with van der Waals surface area (Å²) in [5.74, 6) is 0.209. The largest absolute Gasteiger partial charge is 0.462 e. The van der Waals surface area contributed by atoms with E-state index in [1.165, 1.54) is 0 Å². The summed E-state index contributed by atoms with van der Waals surface area (Å²) >= 11 is 0. The smallest absolute Gasteiger partial charge is 0.340 e. The van der Waals surface area contributed by atoms with Crippen molar-refractivity contribution in [2.75, 3.05) is 17.2 Å². The minimum absolute atomic E-state index is 0.172. The number of benzene rings is 2. The van der Waals surface area contributed by atoms with E-state index in [-0.39, 0.29) is 12.3 Å². The number of esters is 1. The number of amides is 1. The van der Waals surface area contributed by atoms with Gasteiger partial charge in [0.2, 0.25) is 5.91 Å². The molecule has 0 fully saturated rings. The van der Waals surface area contributed by atoms with Gasteiger partial charge >= 0.3 is 5.97 Å². The molecule has 1 amide bonds. The molecule has 1 heterocycles. The van der Waals surface area contributed by atoms with Crippen LogP contribution in [0.15, 0.2) is 66.7 Å². The van der Waals surface area contributed by atoms with E-state index in [0.29, 0.717) is 29.5 Å². The molecule has 1 aromatic heterocycles. The maximum absolute atomic E-state index is 12.1. The summed E-state index contributed by atoms with van der Waals surface area (Å²) in [5.41, 5.74) is 1.89. The minimum atomic E-state index is -0.414. The highest BCUT2D eigenvalue weighted by atomic mass is 16.5. The Balaban J connectivity index is 1.64. The molecule has 0 bridgehead atoms. The Labute approximate surface area is 162 Å². The van der Waals surface area contributed by atoms with Crippen LogP contribution in [0.4, 0.5) is 17.3 Å². The molecular formula is C21H20N4O3. The summed E-state index contributed by atoms with van der Waals surface area (Å²) in [6, 6.07) is 19.8. The molecule has 0 unspecified atom stereocenters. The SMILES string of the molecule is CCOC(=O)c1ccccc1Nc1ccc(NC(=O)Cc2ccccc2)nn1. The number of ether oxygens (including phenoxy) is 1. The Kier molecular flexibility index (Phi) is 6.30. The van der Waals surface area contributed by atoms with Crippen LogP contribution in [0.2, 0.25) is 0 Å². The fourth-order valence-electron chi connectivity index (χ4n) is 2.55. The maximum atomic E-state index is 12.1. The van der Waals surface area contributed by atoms with Gasteiger partial charge in [0.1, 0.15) is 0 Å². The summed E-state index contributed by atoms with van der Waals surface area (Å²) in [7, 11) is 0. The molecule has 3 rings (SSSR count). The molecule has 0 atom stereocenters. The topological polar surface area (TPSA) is 93.2 Å². The normalized spacial score (nSPS) is 10.2. The maximum Gasteiger partial charge on any atom is 0.340 e. The van der Waals surface area contributed by atoms with E-state index in [1.807, 2.05) is 30.3 Å². The third kappa shape index (κ3) is 5.14. The van der Waals surface area contributed by atoms with Gasteiger partial charge in [-0.1, -0.05) is 42.5 Å². The fourth-order valence-corrected chi connectivity index (χ4v) is 2.55. The van der Waals surface area contributed by atoms with Crippen LogP contribution in [0.3, 0.4) is 0 Å². The quantitative estimate of drug-likeness (QED) is 0.612. The number of aromatic nitrogens is 2. The van der Waals surface area contributed by atoms with Gasteiger partial charge in [-0.3, -0.25) is 4.79 Å². The summed E-state index contributed by atoms with van der Waals surface area (Å²) in [6.07, 6.45) is 0.259. The predicted octanol–water partition coefficient (Wildman–Crippen LogP) is 3.58. The van der Waals surface area contributed by atoms with Crippen molar-refractivity contribution in [2.24, 2.45) is 0 Å². The third-order valence-electron chi connectivity index (χ3n) is 3.82. The lowest BCUT2D eigenvalue weighted by Crippen LogP contribution is -2.15. The number of hydrogen-bond acceptors (Lipinski definition) is 6. The first kappa shape index (κ1) is 19.0. The lowest BCUT2D eigenvalue weighted by atomic mass is 10.1. The first-order valence-electron chi connectivity index (χ1n) is 8.86. The summed E-state index contributed by atoms with van der Waals surface area (Å²) in [4.78, 5) is 24.1. The molecule has 142 valence electrons. The molecule has 3 aromatic rings.